The lowest BCUT2D eigenvalue weighted by atomic mass is 9.90. The number of aryl methyl sites for hydroxylation is 1. The van der Waals surface area contributed by atoms with E-state index in [-0.39, 0.29) is 0 Å². The fourth-order valence-electron chi connectivity index (χ4n) is 4.46. The first kappa shape index (κ1) is 18.4. The molecule has 29 heavy (non-hydrogen) atoms. The van der Waals surface area contributed by atoms with Crippen LogP contribution in [0.15, 0.2) is 34.4 Å². The Labute approximate surface area is 170 Å². The fraction of sp³-hybridized carbons (Fsp3) is 0.632. The number of morpholine rings is 1. The molecule has 4 aliphatic rings. The van der Waals surface area contributed by atoms with Gasteiger partial charge in [0.15, 0.2) is 5.84 Å². The molecule has 2 fully saturated rings. The standard InChI is InChI=1S/C19H29N9O/c1-26-12-15(10-21-26)23-19-24-18(17-11-20-13-28(17)25-19)22-14-2-4-16(5-3-14)27-6-8-29-9-7-27/h10-12,14,16,20H,2-9,13H2,1H3,(H2,22,23,24,25)/t14-,16-. The molecule has 10 nitrogen and oxygen atoms in total. The van der Waals surface area contributed by atoms with Crippen LogP contribution < -0.4 is 16.0 Å². The van der Waals surface area contributed by atoms with Gasteiger partial charge in [0.05, 0.1) is 25.1 Å². The molecule has 0 radical (unpaired) electrons. The third-order valence-corrected chi connectivity index (χ3v) is 5.99. The van der Waals surface area contributed by atoms with Crippen LogP contribution in [0.3, 0.4) is 0 Å². The Bertz CT molecular complexity index is 815. The molecule has 0 unspecified atom stereocenters. The van der Waals surface area contributed by atoms with Gasteiger partial charge in [-0.25, -0.2) is 5.01 Å². The number of amidine groups is 1. The summed E-state index contributed by atoms with van der Waals surface area (Å²) in [6.07, 6.45) is 10.4. The summed E-state index contributed by atoms with van der Waals surface area (Å²) in [4.78, 5) is 7.37. The van der Waals surface area contributed by atoms with Gasteiger partial charge in [-0.3, -0.25) is 9.58 Å². The SMILES string of the molecule is Cn1cc(NC2=NN3CNC=C3C(N[C@H]3CC[C@H](N4CCOCC4)CC3)=N2)cn1. The van der Waals surface area contributed by atoms with Crippen molar-refractivity contribution in [3.63, 3.8) is 0 Å². The molecule has 0 aromatic carbocycles. The molecule has 0 atom stereocenters. The van der Waals surface area contributed by atoms with Crippen molar-refractivity contribution in [3.05, 3.63) is 24.3 Å². The lowest BCUT2D eigenvalue weighted by Gasteiger charge is -2.39. The van der Waals surface area contributed by atoms with Crippen LogP contribution >= 0.6 is 0 Å². The predicted molar refractivity (Wildman–Crippen MR) is 111 cm³/mol. The van der Waals surface area contributed by atoms with Crippen molar-refractivity contribution >= 4 is 17.5 Å². The zero-order valence-electron chi connectivity index (χ0n) is 16.8. The van der Waals surface area contributed by atoms with Gasteiger partial charge in [-0.1, -0.05) is 0 Å². The van der Waals surface area contributed by atoms with E-state index in [0.29, 0.717) is 24.7 Å². The van der Waals surface area contributed by atoms with E-state index in [2.05, 4.69) is 31.1 Å². The van der Waals surface area contributed by atoms with Crippen molar-refractivity contribution in [2.45, 2.75) is 37.8 Å². The summed E-state index contributed by atoms with van der Waals surface area (Å²) in [6, 6.07) is 1.13. The quantitative estimate of drug-likeness (QED) is 0.679. The summed E-state index contributed by atoms with van der Waals surface area (Å²) < 4.78 is 7.25. The highest BCUT2D eigenvalue weighted by Crippen LogP contribution is 2.25. The van der Waals surface area contributed by atoms with Gasteiger partial charge in [0.1, 0.15) is 12.4 Å². The van der Waals surface area contributed by atoms with Crippen LogP contribution in [-0.2, 0) is 11.8 Å². The van der Waals surface area contributed by atoms with Crippen molar-refractivity contribution in [3.8, 4) is 0 Å². The molecule has 1 saturated carbocycles. The lowest BCUT2D eigenvalue weighted by molar-refractivity contribution is 0.00703. The van der Waals surface area contributed by atoms with Gasteiger partial charge < -0.3 is 20.7 Å². The molecule has 4 heterocycles. The largest absolute Gasteiger partial charge is 0.379 e. The van der Waals surface area contributed by atoms with E-state index in [4.69, 9.17) is 9.73 Å². The first-order chi connectivity index (χ1) is 14.2. The molecule has 1 saturated heterocycles. The first-order valence-corrected chi connectivity index (χ1v) is 10.5. The second-order valence-corrected chi connectivity index (χ2v) is 8.00. The van der Waals surface area contributed by atoms with Crippen molar-refractivity contribution in [1.82, 2.24) is 30.3 Å². The minimum absolute atomic E-state index is 0.437. The van der Waals surface area contributed by atoms with Gasteiger partial charge in [-0.05, 0) is 25.7 Å². The Balaban J connectivity index is 1.23. The van der Waals surface area contributed by atoms with E-state index in [9.17, 15) is 0 Å². The summed E-state index contributed by atoms with van der Waals surface area (Å²) in [5.74, 6) is 1.45. The highest BCUT2D eigenvalue weighted by molar-refractivity contribution is 6.10. The number of hydrogen-bond acceptors (Lipinski definition) is 9. The van der Waals surface area contributed by atoms with Gasteiger partial charge in [-0.15, -0.1) is 5.10 Å². The lowest BCUT2D eigenvalue weighted by Crippen LogP contribution is -2.48. The van der Waals surface area contributed by atoms with Crippen LogP contribution in [0.2, 0.25) is 0 Å². The molecule has 1 aromatic heterocycles. The number of nitrogens with one attached hydrogen (secondary N) is 3. The molecular formula is C19H29N9O. The summed E-state index contributed by atoms with van der Waals surface area (Å²) in [6.45, 7) is 4.54. The predicted octanol–water partition coefficient (Wildman–Crippen LogP) is 0.452. The van der Waals surface area contributed by atoms with Crippen LogP contribution in [0.25, 0.3) is 0 Å². The van der Waals surface area contributed by atoms with Gasteiger partial charge in [-0.2, -0.15) is 10.1 Å². The summed E-state index contributed by atoms with van der Waals surface area (Å²) in [7, 11) is 1.89. The molecular weight excluding hydrogens is 370 g/mol. The number of hydrogen-bond donors (Lipinski definition) is 3. The second kappa shape index (κ2) is 8.03. The molecule has 10 heteroatoms. The maximum Gasteiger partial charge on any atom is 0.247 e. The molecule has 0 bridgehead atoms. The average Bonchev–Trinajstić information content (AvgIpc) is 3.38. The zero-order valence-corrected chi connectivity index (χ0v) is 16.8. The van der Waals surface area contributed by atoms with Gasteiger partial charge in [0, 0.05) is 44.6 Å². The van der Waals surface area contributed by atoms with E-state index in [1.807, 2.05) is 24.5 Å². The summed E-state index contributed by atoms with van der Waals surface area (Å²) in [5.41, 5.74) is 1.87. The average molecular weight is 400 g/mol. The smallest absolute Gasteiger partial charge is 0.247 e. The molecule has 1 aromatic rings. The highest BCUT2D eigenvalue weighted by Gasteiger charge is 2.30. The van der Waals surface area contributed by atoms with Crippen molar-refractivity contribution in [2.75, 3.05) is 38.3 Å². The number of fused-ring (bicyclic) bond motifs is 1. The second-order valence-electron chi connectivity index (χ2n) is 8.00. The molecule has 5 rings (SSSR count). The van der Waals surface area contributed by atoms with Crippen LogP contribution in [0.5, 0.6) is 0 Å². The number of ether oxygens (including phenoxy) is 1. The first-order valence-electron chi connectivity index (χ1n) is 10.5. The molecule has 1 aliphatic carbocycles. The Morgan fingerprint density at radius 3 is 2.76 bits per heavy atom. The van der Waals surface area contributed by atoms with E-state index in [0.717, 1.165) is 56.4 Å². The fourth-order valence-corrected chi connectivity index (χ4v) is 4.46. The molecule has 3 N–H and O–H groups in total. The Morgan fingerprint density at radius 2 is 2.00 bits per heavy atom. The zero-order chi connectivity index (χ0) is 19.6. The van der Waals surface area contributed by atoms with Crippen molar-refractivity contribution in [2.24, 2.45) is 17.1 Å². The number of hydrazone groups is 1. The minimum atomic E-state index is 0.437. The van der Waals surface area contributed by atoms with E-state index in [1.54, 1.807) is 10.9 Å². The van der Waals surface area contributed by atoms with Gasteiger partial charge >= 0.3 is 0 Å². The monoisotopic (exact) mass is 399 g/mol. The number of guanidine groups is 1. The third kappa shape index (κ3) is 4.08. The Kier molecular flexibility index (Phi) is 5.11. The topological polar surface area (TPSA) is 94.3 Å². The van der Waals surface area contributed by atoms with E-state index < -0.39 is 0 Å². The van der Waals surface area contributed by atoms with Crippen LogP contribution in [-0.4, -0.2) is 76.5 Å². The van der Waals surface area contributed by atoms with Gasteiger partial charge in [0.25, 0.3) is 0 Å². The van der Waals surface area contributed by atoms with Crippen LogP contribution in [0.4, 0.5) is 5.69 Å². The van der Waals surface area contributed by atoms with Crippen molar-refractivity contribution in [1.29, 1.82) is 0 Å². The van der Waals surface area contributed by atoms with Crippen LogP contribution in [0, 0.1) is 0 Å². The number of aliphatic imine (C=N–C) groups is 1. The number of aromatic nitrogens is 2. The summed E-state index contributed by atoms with van der Waals surface area (Å²) in [5, 5.41) is 20.9. The minimum Gasteiger partial charge on any atom is -0.379 e. The van der Waals surface area contributed by atoms with E-state index >= 15 is 0 Å². The summed E-state index contributed by atoms with van der Waals surface area (Å²) >= 11 is 0. The Hall–Kier alpha value is -2.59. The third-order valence-electron chi connectivity index (χ3n) is 5.99. The number of rotatable bonds is 3. The van der Waals surface area contributed by atoms with Gasteiger partial charge in [0.2, 0.25) is 5.96 Å². The Morgan fingerprint density at radius 1 is 1.17 bits per heavy atom. The normalized spacial score (nSPS) is 27.5. The number of anilines is 1. The molecule has 156 valence electrons. The number of nitrogens with zero attached hydrogens (tertiary/aromatic N) is 6. The van der Waals surface area contributed by atoms with E-state index in [1.165, 1.54) is 12.8 Å². The maximum atomic E-state index is 5.50. The maximum absolute atomic E-state index is 5.50. The highest BCUT2D eigenvalue weighted by atomic mass is 16.5. The van der Waals surface area contributed by atoms with Crippen molar-refractivity contribution < 1.29 is 4.74 Å². The molecule has 3 aliphatic heterocycles. The van der Waals surface area contributed by atoms with Crippen LogP contribution in [0.1, 0.15) is 25.7 Å². The molecule has 0 spiro atoms. The molecule has 0 amide bonds.